The monoisotopic (exact) mass is 313 g/mol. The van der Waals surface area contributed by atoms with Crippen LogP contribution >= 0.6 is 35.7 Å². The number of nitro benzene ring substituents is 1. The number of nitrogens with zero attached hydrogens (tertiary/aromatic N) is 1. The van der Waals surface area contributed by atoms with Crippen LogP contribution in [0.1, 0.15) is 5.56 Å². The van der Waals surface area contributed by atoms with Crippen molar-refractivity contribution in [3.8, 4) is 0 Å². The molecule has 0 aliphatic carbocycles. The van der Waals surface area contributed by atoms with E-state index in [2.05, 4.69) is 0 Å². The van der Waals surface area contributed by atoms with Gasteiger partial charge in [-0.2, -0.15) is 0 Å². The highest BCUT2D eigenvalue weighted by molar-refractivity contribution is 7.97. The Kier molecular flexibility index (Phi) is 6.16. The molecular formula is C9H9ClFNO4S2. The minimum atomic E-state index is -0.754. The van der Waals surface area contributed by atoms with Crippen LogP contribution in [-0.2, 0) is 6.42 Å². The van der Waals surface area contributed by atoms with Gasteiger partial charge in [-0.25, -0.2) is 4.39 Å². The number of hydrogen-bond donors (Lipinski definition) is 2. The smallest absolute Gasteiger partial charge is 0.274 e. The Morgan fingerprint density at radius 1 is 1.50 bits per heavy atom. The third-order valence-electron chi connectivity index (χ3n) is 2.21. The molecule has 9 heteroatoms. The number of halogens is 2. The molecule has 0 aliphatic heterocycles. The van der Waals surface area contributed by atoms with Crippen molar-refractivity contribution in [1.82, 2.24) is 0 Å². The summed E-state index contributed by atoms with van der Waals surface area (Å²) in [6.45, 7) is 0. The Morgan fingerprint density at radius 2 is 2.17 bits per heavy atom. The van der Waals surface area contributed by atoms with Crippen molar-refractivity contribution in [1.29, 1.82) is 0 Å². The lowest BCUT2D eigenvalue weighted by Crippen LogP contribution is -2.12. The van der Waals surface area contributed by atoms with Crippen LogP contribution in [0.2, 0.25) is 5.02 Å². The van der Waals surface area contributed by atoms with E-state index in [9.17, 15) is 14.5 Å². The molecular weight excluding hydrogens is 305 g/mol. The molecule has 0 spiro atoms. The number of benzene rings is 1. The molecule has 0 saturated carbocycles. The van der Waals surface area contributed by atoms with Crippen LogP contribution < -0.4 is 0 Å². The molecule has 0 fully saturated rings. The first-order chi connectivity index (χ1) is 8.51. The molecule has 0 aromatic heterocycles. The number of hydrogen-bond acceptors (Lipinski definition) is 6. The zero-order valence-electron chi connectivity index (χ0n) is 8.88. The number of nitro groups is 1. The molecule has 1 aromatic rings. The molecule has 0 aliphatic rings. The van der Waals surface area contributed by atoms with Gasteiger partial charge >= 0.3 is 0 Å². The van der Waals surface area contributed by atoms with Crippen molar-refractivity contribution in [3.05, 3.63) is 38.7 Å². The highest BCUT2D eigenvalue weighted by Crippen LogP contribution is 2.32. The molecule has 5 nitrogen and oxygen atoms in total. The lowest BCUT2D eigenvalue weighted by Gasteiger charge is -2.12. The van der Waals surface area contributed by atoms with Crippen LogP contribution in [-0.4, -0.2) is 25.0 Å². The fraction of sp³-hybridized carbons (Fsp3) is 0.333. The average Bonchev–Trinajstić information content (AvgIpc) is 2.33. The maximum Gasteiger partial charge on any atom is 0.274 e. The summed E-state index contributed by atoms with van der Waals surface area (Å²) in [5.41, 5.74) is -0.286. The van der Waals surface area contributed by atoms with Gasteiger partial charge in [0.25, 0.3) is 5.69 Å². The van der Waals surface area contributed by atoms with Crippen LogP contribution in [0.4, 0.5) is 10.1 Å². The van der Waals surface area contributed by atoms with Crippen LogP contribution in [0.5, 0.6) is 0 Å². The van der Waals surface area contributed by atoms with Gasteiger partial charge in [0.1, 0.15) is 5.82 Å². The predicted octanol–water partition coefficient (Wildman–Crippen LogP) is 3.71. The van der Waals surface area contributed by atoms with Gasteiger partial charge in [0, 0.05) is 17.1 Å². The van der Waals surface area contributed by atoms with E-state index in [1.165, 1.54) is 0 Å². The van der Waals surface area contributed by atoms with Gasteiger partial charge in [-0.05, 0) is 36.6 Å². The first kappa shape index (κ1) is 15.5. The summed E-state index contributed by atoms with van der Waals surface area (Å²) in [4.78, 5) is 10.2. The molecule has 1 unspecified atom stereocenters. The van der Waals surface area contributed by atoms with Crippen molar-refractivity contribution < 1.29 is 18.4 Å². The Hall–Kier alpha value is -0.540. The second kappa shape index (κ2) is 7.15. The molecule has 0 saturated heterocycles. The molecule has 1 rings (SSSR count). The molecule has 0 heterocycles. The third kappa shape index (κ3) is 3.72. The van der Waals surface area contributed by atoms with Gasteiger partial charge in [0.05, 0.1) is 15.5 Å². The van der Waals surface area contributed by atoms with Crippen molar-refractivity contribution in [2.45, 2.75) is 11.7 Å². The molecule has 0 bridgehead atoms. The largest absolute Gasteiger partial charge is 0.330 e. The average molecular weight is 314 g/mol. The molecule has 1 aromatic carbocycles. The Labute approximate surface area is 116 Å². The maximum atomic E-state index is 13.3. The van der Waals surface area contributed by atoms with Crippen molar-refractivity contribution in [2.24, 2.45) is 0 Å². The van der Waals surface area contributed by atoms with Crippen LogP contribution in [0.25, 0.3) is 0 Å². The van der Waals surface area contributed by atoms with Gasteiger partial charge < -0.3 is 9.11 Å². The van der Waals surface area contributed by atoms with Gasteiger partial charge in [-0.15, -0.1) is 0 Å². The maximum absolute atomic E-state index is 13.3. The summed E-state index contributed by atoms with van der Waals surface area (Å²) in [7, 11) is 0. The van der Waals surface area contributed by atoms with Crippen LogP contribution in [0, 0.1) is 15.9 Å². The molecule has 1 atom stereocenters. The van der Waals surface area contributed by atoms with Crippen LogP contribution in [0.15, 0.2) is 12.1 Å². The van der Waals surface area contributed by atoms with E-state index < -0.39 is 16.0 Å². The van der Waals surface area contributed by atoms with E-state index >= 15 is 0 Å². The highest BCUT2D eigenvalue weighted by Gasteiger charge is 2.23. The fourth-order valence-electron chi connectivity index (χ4n) is 1.39. The van der Waals surface area contributed by atoms with E-state index in [-0.39, 0.29) is 28.4 Å². The van der Waals surface area contributed by atoms with Gasteiger partial charge in [0.2, 0.25) is 0 Å². The first-order valence-electron chi connectivity index (χ1n) is 4.69. The second-order valence-corrected chi connectivity index (χ2v) is 5.19. The molecule has 18 heavy (non-hydrogen) atoms. The normalized spacial score (nSPS) is 12.4. The summed E-state index contributed by atoms with van der Waals surface area (Å²) in [5, 5.41) is 9.97. The summed E-state index contributed by atoms with van der Waals surface area (Å²) >= 11 is 6.63. The number of rotatable bonds is 6. The molecule has 100 valence electrons. The molecule has 2 N–H and O–H groups in total. The van der Waals surface area contributed by atoms with Gasteiger partial charge in [-0.3, -0.25) is 10.1 Å². The standard InChI is InChI=1S/C9H9ClFNO4S2/c10-9-6(3-5(18-16)4-17-15)8(12(13)14)2-1-7(9)11/h1-2,5,15-16H,3-4H2. The Morgan fingerprint density at radius 3 is 2.67 bits per heavy atom. The van der Waals surface area contributed by atoms with Crippen LogP contribution in [0.3, 0.4) is 0 Å². The topological polar surface area (TPSA) is 83.6 Å². The zero-order valence-corrected chi connectivity index (χ0v) is 11.3. The van der Waals surface area contributed by atoms with E-state index in [0.717, 1.165) is 12.1 Å². The minimum Gasteiger partial charge on any atom is -0.330 e. The second-order valence-electron chi connectivity index (χ2n) is 3.34. The Balaban J connectivity index is 3.12. The highest BCUT2D eigenvalue weighted by atomic mass is 35.5. The quantitative estimate of drug-likeness (QED) is 0.473. The minimum absolute atomic E-state index is 0.0123. The summed E-state index contributed by atoms with van der Waals surface area (Å²) in [6, 6.07) is 1.95. The summed E-state index contributed by atoms with van der Waals surface area (Å²) in [6.07, 6.45) is -0.0123. The zero-order chi connectivity index (χ0) is 13.7. The van der Waals surface area contributed by atoms with E-state index in [0.29, 0.717) is 24.1 Å². The summed E-state index contributed by atoms with van der Waals surface area (Å²) < 4.78 is 31.0. The van der Waals surface area contributed by atoms with Gasteiger partial charge in [-0.1, -0.05) is 11.6 Å². The van der Waals surface area contributed by atoms with Gasteiger partial charge in [0.15, 0.2) is 0 Å². The van der Waals surface area contributed by atoms with E-state index in [1.54, 1.807) is 0 Å². The van der Waals surface area contributed by atoms with E-state index in [4.69, 9.17) is 20.7 Å². The predicted molar refractivity (Wildman–Crippen MR) is 70.9 cm³/mol. The lowest BCUT2D eigenvalue weighted by molar-refractivity contribution is -0.385. The van der Waals surface area contributed by atoms with Crippen molar-refractivity contribution >= 4 is 41.4 Å². The Bertz CT molecular complexity index is 449. The SMILES string of the molecule is O=[N+]([O-])c1ccc(F)c(Cl)c1CC(CSO)SO. The molecule has 0 radical (unpaired) electrons. The van der Waals surface area contributed by atoms with Crippen molar-refractivity contribution in [2.75, 3.05) is 5.75 Å². The molecule has 0 amide bonds. The first-order valence-corrected chi connectivity index (χ1v) is 6.84. The van der Waals surface area contributed by atoms with Crippen molar-refractivity contribution in [3.63, 3.8) is 0 Å². The summed E-state index contributed by atoms with van der Waals surface area (Å²) in [5.74, 6) is -0.610. The lowest BCUT2D eigenvalue weighted by atomic mass is 10.1. The fourth-order valence-corrected chi connectivity index (χ4v) is 2.57. The third-order valence-corrected chi connectivity index (χ3v) is 4.01. The van der Waals surface area contributed by atoms with E-state index in [1.807, 2.05) is 0 Å².